The Bertz CT molecular complexity index is 927. The summed E-state index contributed by atoms with van der Waals surface area (Å²) in [5.74, 6) is 0.0708. The molecule has 2 aromatic rings. The third kappa shape index (κ3) is 6.42. The van der Waals surface area contributed by atoms with E-state index in [1.807, 2.05) is 0 Å². The van der Waals surface area contributed by atoms with Crippen molar-refractivity contribution in [2.75, 3.05) is 24.2 Å². The molecule has 0 aliphatic heterocycles. The predicted molar refractivity (Wildman–Crippen MR) is 107 cm³/mol. The zero-order valence-electron chi connectivity index (χ0n) is 14.5. The Morgan fingerprint density at radius 1 is 1.19 bits per heavy atom. The molecule has 0 unspecified atom stereocenters. The maximum Gasteiger partial charge on any atom is 0.260 e. The summed E-state index contributed by atoms with van der Waals surface area (Å²) in [4.78, 5) is 12.1. The molecule has 0 aliphatic carbocycles. The lowest BCUT2D eigenvalue weighted by Crippen LogP contribution is -2.39. The number of anilines is 1. The standard InChI is InChI=1S/C17H17Cl2N3O4S/c1-26-16-5-3-12(4-6-16)10-20-21-17(23)11-22(27(2,24)25)15-8-13(18)7-14(19)9-15/h3-10H,11H2,1-2H3,(H,21,23)/b20-10-. The monoisotopic (exact) mass is 429 g/mol. The van der Waals surface area contributed by atoms with Crippen molar-refractivity contribution in [2.24, 2.45) is 5.10 Å². The second kappa shape index (κ2) is 9.07. The molecular weight excluding hydrogens is 413 g/mol. The molecule has 144 valence electrons. The van der Waals surface area contributed by atoms with Gasteiger partial charge in [0.15, 0.2) is 0 Å². The molecule has 7 nitrogen and oxygen atoms in total. The Kier molecular flexibility index (Phi) is 7.06. The average Bonchev–Trinajstić information content (AvgIpc) is 2.58. The SMILES string of the molecule is COc1ccc(/C=N\NC(=O)CN(c2cc(Cl)cc(Cl)c2)S(C)(=O)=O)cc1. The largest absolute Gasteiger partial charge is 0.497 e. The molecule has 2 aromatic carbocycles. The van der Waals surface area contributed by atoms with Crippen molar-refractivity contribution >= 4 is 51.0 Å². The minimum absolute atomic E-state index is 0.185. The Hall–Kier alpha value is -2.29. The number of sulfonamides is 1. The van der Waals surface area contributed by atoms with E-state index in [9.17, 15) is 13.2 Å². The fourth-order valence-electron chi connectivity index (χ4n) is 2.12. The van der Waals surface area contributed by atoms with Crippen LogP contribution in [0.25, 0.3) is 0 Å². The number of hydrogen-bond donors (Lipinski definition) is 1. The van der Waals surface area contributed by atoms with E-state index in [0.29, 0.717) is 5.75 Å². The smallest absolute Gasteiger partial charge is 0.260 e. The second-order valence-electron chi connectivity index (χ2n) is 5.46. The van der Waals surface area contributed by atoms with Crippen molar-refractivity contribution in [1.29, 1.82) is 0 Å². The van der Waals surface area contributed by atoms with E-state index in [1.165, 1.54) is 24.4 Å². The second-order valence-corrected chi connectivity index (χ2v) is 8.24. The third-order valence-corrected chi connectivity index (χ3v) is 4.92. The molecule has 0 radical (unpaired) electrons. The number of ether oxygens (including phenoxy) is 1. The number of carbonyl (C=O) groups excluding carboxylic acids is 1. The van der Waals surface area contributed by atoms with Gasteiger partial charge in [-0.05, 0) is 48.0 Å². The summed E-state index contributed by atoms with van der Waals surface area (Å²) in [5.41, 5.74) is 3.21. The molecule has 1 amide bonds. The fourth-order valence-corrected chi connectivity index (χ4v) is 3.47. The molecular formula is C17H17Cl2N3O4S. The van der Waals surface area contributed by atoms with Crippen LogP contribution >= 0.6 is 23.2 Å². The zero-order chi connectivity index (χ0) is 20.0. The number of hydrogen-bond acceptors (Lipinski definition) is 5. The van der Waals surface area contributed by atoms with E-state index in [-0.39, 0.29) is 15.7 Å². The van der Waals surface area contributed by atoms with E-state index in [4.69, 9.17) is 27.9 Å². The first kappa shape index (κ1) is 21.0. The van der Waals surface area contributed by atoms with Crippen LogP contribution < -0.4 is 14.5 Å². The van der Waals surface area contributed by atoms with Gasteiger partial charge < -0.3 is 4.74 Å². The van der Waals surface area contributed by atoms with Gasteiger partial charge in [-0.25, -0.2) is 13.8 Å². The van der Waals surface area contributed by atoms with Crippen LogP contribution in [0, 0.1) is 0 Å². The van der Waals surface area contributed by atoms with Gasteiger partial charge in [-0.3, -0.25) is 9.10 Å². The first-order chi connectivity index (χ1) is 12.7. The van der Waals surface area contributed by atoms with Crippen molar-refractivity contribution in [3.8, 4) is 5.75 Å². The van der Waals surface area contributed by atoms with Crippen LogP contribution in [0.15, 0.2) is 47.6 Å². The van der Waals surface area contributed by atoms with E-state index in [0.717, 1.165) is 16.1 Å². The molecule has 1 N–H and O–H groups in total. The van der Waals surface area contributed by atoms with E-state index in [2.05, 4.69) is 10.5 Å². The van der Waals surface area contributed by atoms with Gasteiger partial charge in [0.2, 0.25) is 10.0 Å². The van der Waals surface area contributed by atoms with Crippen molar-refractivity contribution in [1.82, 2.24) is 5.43 Å². The molecule has 0 spiro atoms. The molecule has 0 fully saturated rings. The summed E-state index contributed by atoms with van der Waals surface area (Å²) in [7, 11) is -2.18. The highest BCUT2D eigenvalue weighted by Crippen LogP contribution is 2.26. The summed E-state index contributed by atoms with van der Waals surface area (Å²) in [5, 5.41) is 4.33. The topological polar surface area (TPSA) is 88.1 Å². The van der Waals surface area contributed by atoms with Crippen molar-refractivity contribution in [3.05, 3.63) is 58.1 Å². The number of benzene rings is 2. The van der Waals surface area contributed by atoms with Crippen molar-refractivity contribution in [2.45, 2.75) is 0 Å². The lowest BCUT2D eigenvalue weighted by molar-refractivity contribution is -0.119. The van der Waals surface area contributed by atoms with Gasteiger partial charge in [-0.1, -0.05) is 23.2 Å². The van der Waals surface area contributed by atoms with Gasteiger partial charge in [-0.2, -0.15) is 5.10 Å². The first-order valence-electron chi connectivity index (χ1n) is 7.59. The molecule has 0 atom stereocenters. The molecule has 0 aromatic heterocycles. The van der Waals surface area contributed by atoms with Crippen LogP contribution in [-0.2, 0) is 14.8 Å². The van der Waals surface area contributed by atoms with Crippen LogP contribution in [-0.4, -0.2) is 40.4 Å². The molecule has 2 rings (SSSR count). The van der Waals surface area contributed by atoms with Gasteiger partial charge in [0.1, 0.15) is 12.3 Å². The maximum atomic E-state index is 12.1. The average molecular weight is 430 g/mol. The summed E-state index contributed by atoms with van der Waals surface area (Å²) in [6, 6.07) is 11.3. The summed E-state index contributed by atoms with van der Waals surface area (Å²) < 4.78 is 30.1. The van der Waals surface area contributed by atoms with E-state index in [1.54, 1.807) is 31.4 Å². The lowest BCUT2D eigenvalue weighted by atomic mass is 10.2. The quantitative estimate of drug-likeness (QED) is 0.541. The maximum absolute atomic E-state index is 12.1. The minimum atomic E-state index is -3.74. The molecule has 10 heteroatoms. The molecule has 0 saturated heterocycles. The number of rotatable bonds is 7. The van der Waals surface area contributed by atoms with Crippen LogP contribution in [0.1, 0.15) is 5.56 Å². The molecule has 0 bridgehead atoms. The number of nitrogens with zero attached hydrogens (tertiary/aromatic N) is 2. The lowest BCUT2D eigenvalue weighted by Gasteiger charge is -2.21. The van der Waals surface area contributed by atoms with Crippen LogP contribution in [0.5, 0.6) is 5.75 Å². The van der Waals surface area contributed by atoms with Crippen molar-refractivity contribution in [3.63, 3.8) is 0 Å². The Morgan fingerprint density at radius 2 is 1.78 bits per heavy atom. The molecule has 0 saturated carbocycles. The van der Waals surface area contributed by atoms with Gasteiger partial charge in [0, 0.05) is 10.0 Å². The van der Waals surface area contributed by atoms with E-state index < -0.39 is 22.5 Å². The number of methoxy groups -OCH3 is 1. The number of hydrazone groups is 1. The Labute approximate surface area is 167 Å². The highest BCUT2D eigenvalue weighted by molar-refractivity contribution is 7.92. The van der Waals surface area contributed by atoms with Gasteiger partial charge >= 0.3 is 0 Å². The van der Waals surface area contributed by atoms with Crippen molar-refractivity contribution < 1.29 is 17.9 Å². The fraction of sp³-hybridized carbons (Fsp3) is 0.176. The highest BCUT2D eigenvalue weighted by Gasteiger charge is 2.21. The number of amides is 1. The number of halogens is 2. The third-order valence-electron chi connectivity index (χ3n) is 3.34. The summed E-state index contributed by atoms with van der Waals surface area (Å²) in [6.45, 7) is -0.477. The summed E-state index contributed by atoms with van der Waals surface area (Å²) >= 11 is 11.8. The number of nitrogens with one attached hydrogen (secondary N) is 1. The van der Waals surface area contributed by atoms with Gasteiger partial charge in [0.05, 0.1) is 25.3 Å². The van der Waals surface area contributed by atoms with Crippen LogP contribution in [0.3, 0.4) is 0 Å². The van der Waals surface area contributed by atoms with Gasteiger partial charge in [0.25, 0.3) is 5.91 Å². The first-order valence-corrected chi connectivity index (χ1v) is 10.2. The highest BCUT2D eigenvalue weighted by atomic mass is 35.5. The Balaban J connectivity index is 2.08. The number of carbonyl (C=O) groups is 1. The normalized spacial score (nSPS) is 11.4. The summed E-state index contributed by atoms with van der Waals surface area (Å²) in [6.07, 6.45) is 2.41. The van der Waals surface area contributed by atoms with Gasteiger partial charge in [-0.15, -0.1) is 0 Å². The van der Waals surface area contributed by atoms with Crippen LogP contribution in [0.4, 0.5) is 5.69 Å². The zero-order valence-corrected chi connectivity index (χ0v) is 16.8. The van der Waals surface area contributed by atoms with Crippen LogP contribution in [0.2, 0.25) is 10.0 Å². The predicted octanol–water partition coefficient (Wildman–Crippen LogP) is 2.92. The molecule has 0 heterocycles. The molecule has 27 heavy (non-hydrogen) atoms. The van der Waals surface area contributed by atoms with E-state index >= 15 is 0 Å². The Morgan fingerprint density at radius 3 is 2.30 bits per heavy atom. The molecule has 0 aliphatic rings. The minimum Gasteiger partial charge on any atom is -0.497 e.